The molecule has 0 radical (unpaired) electrons. The fourth-order valence-electron chi connectivity index (χ4n) is 0.289. The Kier molecular flexibility index (Phi) is 6.79. The molecule has 86 valence electrons. The molecular weight excluding hydrogens is 223 g/mol. The van der Waals surface area contributed by atoms with Crippen LogP contribution in [0.4, 0.5) is 13.2 Å². The molecule has 0 rings (SSSR count). The lowest BCUT2D eigenvalue weighted by atomic mass is 10.6. The third-order valence-electron chi connectivity index (χ3n) is 0.836. The van der Waals surface area contributed by atoms with E-state index in [2.05, 4.69) is 20.7 Å². The molecule has 0 unspecified atom stereocenters. The van der Waals surface area contributed by atoms with Gasteiger partial charge in [-0.1, -0.05) is 6.58 Å². The maximum atomic E-state index is 10.7. The van der Waals surface area contributed by atoms with Gasteiger partial charge in [0.05, 0.1) is 20.6 Å². The molecular formula is C6H12F3NO3S. The zero-order chi connectivity index (χ0) is 12.0. The minimum Gasteiger partial charge on any atom is -0.741 e. The number of likely N-dealkylation sites (N-methyl/N-ethyl adjacent to an activating group) is 1. The van der Waals surface area contributed by atoms with E-state index >= 15 is 0 Å². The second-order valence-corrected chi connectivity index (χ2v) is 3.97. The fourth-order valence-corrected chi connectivity index (χ4v) is 0.289. The highest BCUT2D eigenvalue weighted by Gasteiger charge is 2.36. The van der Waals surface area contributed by atoms with Gasteiger partial charge in [-0.15, -0.1) is 0 Å². The zero-order valence-electron chi connectivity index (χ0n) is 7.76. The van der Waals surface area contributed by atoms with E-state index in [4.69, 9.17) is 13.0 Å². The smallest absolute Gasteiger partial charge is 0.485 e. The monoisotopic (exact) mass is 235 g/mol. The van der Waals surface area contributed by atoms with Crippen LogP contribution in [0.5, 0.6) is 0 Å². The first-order valence-electron chi connectivity index (χ1n) is 3.44. The molecule has 0 atom stereocenters. The number of hydrogen-bond acceptors (Lipinski definition) is 3. The van der Waals surface area contributed by atoms with Gasteiger partial charge in [0.1, 0.15) is 0 Å². The Morgan fingerprint density at radius 1 is 1.43 bits per heavy atom. The van der Waals surface area contributed by atoms with E-state index in [0.717, 1.165) is 6.54 Å². The first kappa shape index (κ1) is 15.9. The summed E-state index contributed by atoms with van der Waals surface area (Å²) in [5.74, 6) is 0. The van der Waals surface area contributed by atoms with E-state index < -0.39 is 15.6 Å². The number of halogens is 3. The van der Waals surface area contributed by atoms with Crippen LogP contribution in [-0.4, -0.2) is 39.1 Å². The summed E-state index contributed by atoms with van der Waals surface area (Å²) in [6.45, 7) is 4.64. The van der Waals surface area contributed by atoms with Crippen molar-refractivity contribution in [2.24, 2.45) is 0 Å². The van der Waals surface area contributed by atoms with Gasteiger partial charge in [-0.3, -0.25) is 0 Å². The van der Waals surface area contributed by atoms with E-state index in [9.17, 15) is 13.2 Å². The van der Waals surface area contributed by atoms with Crippen LogP contribution in [0.25, 0.3) is 0 Å². The van der Waals surface area contributed by atoms with Crippen molar-refractivity contribution in [3.63, 3.8) is 0 Å². The molecule has 0 saturated heterocycles. The Hall–Kier alpha value is -0.600. The summed E-state index contributed by atoms with van der Waals surface area (Å²) in [6, 6.07) is 0. The third kappa shape index (κ3) is 9.49. The summed E-state index contributed by atoms with van der Waals surface area (Å²) < 4.78 is 58.9. The highest BCUT2D eigenvalue weighted by Crippen LogP contribution is 2.20. The first-order valence-corrected chi connectivity index (χ1v) is 4.85. The second-order valence-electron chi connectivity index (χ2n) is 2.60. The maximum Gasteiger partial charge on any atom is 0.485 e. The number of quaternary nitrogens is 1. The van der Waals surface area contributed by atoms with Crippen LogP contribution < -0.4 is 4.90 Å². The van der Waals surface area contributed by atoms with E-state index in [1.807, 2.05) is 6.08 Å². The van der Waals surface area contributed by atoms with Crippen molar-refractivity contribution in [3.05, 3.63) is 12.7 Å². The minimum absolute atomic E-state index is 1.06. The van der Waals surface area contributed by atoms with Crippen LogP contribution in [-0.2, 0) is 10.1 Å². The molecule has 14 heavy (non-hydrogen) atoms. The highest BCUT2D eigenvalue weighted by atomic mass is 32.2. The van der Waals surface area contributed by atoms with Gasteiger partial charge in [0, 0.05) is 0 Å². The van der Waals surface area contributed by atoms with Crippen molar-refractivity contribution in [2.75, 3.05) is 20.6 Å². The number of rotatable bonds is 2. The summed E-state index contributed by atoms with van der Waals surface area (Å²) in [6.07, 6.45) is 1.91. The van der Waals surface area contributed by atoms with E-state index in [-0.39, 0.29) is 0 Å². The second kappa shape index (κ2) is 5.99. The molecule has 0 fully saturated rings. The Labute approximate surface area is 80.8 Å². The fraction of sp³-hybridized carbons (Fsp3) is 0.667. The molecule has 0 aromatic carbocycles. The molecule has 0 bridgehead atoms. The van der Waals surface area contributed by atoms with Gasteiger partial charge >= 0.3 is 5.51 Å². The predicted octanol–water partition coefficient (Wildman–Crippen LogP) is -0.632. The van der Waals surface area contributed by atoms with Gasteiger partial charge < -0.3 is 9.45 Å². The largest absolute Gasteiger partial charge is 0.741 e. The molecule has 0 aliphatic heterocycles. The number of alkyl halides is 3. The van der Waals surface area contributed by atoms with Gasteiger partial charge in [0.25, 0.3) is 0 Å². The zero-order valence-corrected chi connectivity index (χ0v) is 8.57. The standard InChI is InChI=1S/C5H11N.CHF3O3S/c1-4-5-6(2)3;2-1(3,4)8(5,6)7/h4H,1,5H2,2-3H3;(H,5,6,7). The van der Waals surface area contributed by atoms with Crippen molar-refractivity contribution in [2.45, 2.75) is 5.51 Å². The van der Waals surface area contributed by atoms with Crippen molar-refractivity contribution in [3.8, 4) is 0 Å². The molecule has 0 saturated carbocycles. The van der Waals surface area contributed by atoms with Gasteiger partial charge in [-0.2, -0.15) is 13.2 Å². The first-order chi connectivity index (χ1) is 6.02. The average molecular weight is 235 g/mol. The lowest BCUT2D eigenvalue weighted by Gasteiger charge is -2.08. The summed E-state index contributed by atoms with van der Waals surface area (Å²) in [4.78, 5) is 1.42. The molecule has 0 aromatic rings. The molecule has 0 heterocycles. The molecule has 0 aromatic heterocycles. The lowest BCUT2D eigenvalue weighted by Crippen LogP contribution is -3.05. The van der Waals surface area contributed by atoms with E-state index in [1.54, 1.807) is 0 Å². The Balaban J connectivity index is 0. The van der Waals surface area contributed by atoms with Gasteiger partial charge in [0.15, 0.2) is 10.1 Å². The van der Waals surface area contributed by atoms with Gasteiger partial charge in [0.2, 0.25) is 0 Å². The van der Waals surface area contributed by atoms with Crippen molar-refractivity contribution in [1.82, 2.24) is 0 Å². The van der Waals surface area contributed by atoms with Crippen molar-refractivity contribution in [1.29, 1.82) is 0 Å². The van der Waals surface area contributed by atoms with Gasteiger partial charge in [-0.25, -0.2) is 8.42 Å². The van der Waals surface area contributed by atoms with Crippen LogP contribution in [0.3, 0.4) is 0 Å². The van der Waals surface area contributed by atoms with Crippen LogP contribution in [0, 0.1) is 0 Å². The summed E-state index contributed by atoms with van der Waals surface area (Å²) in [7, 11) is -1.89. The maximum absolute atomic E-state index is 10.7. The molecule has 0 amide bonds. The van der Waals surface area contributed by atoms with Crippen molar-refractivity contribution >= 4 is 10.1 Å². The Bertz CT molecular complexity index is 258. The van der Waals surface area contributed by atoms with Crippen LogP contribution in [0.2, 0.25) is 0 Å². The normalized spacial score (nSPS) is 11.9. The highest BCUT2D eigenvalue weighted by molar-refractivity contribution is 7.86. The van der Waals surface area contributed by atoms with Gasteiger partial charge in [-0.05, 0) is 6.08 Å². The summed E-state index contributed by atoms with van der Waals surface area (Å²) >= 11 is 0. The molecule has 0 aliphatic rings. The van der Waals surface area contributed by atoms with E-state index in [0.29, 0.717) is 0 Å². The SMILES string of the molecule is C=CC[NH+](C)C.O=S(=O)([O-])C(F)(F)F. The lowest BCUT2D eigenvalue weighted by molar-refractivity contribution is -0.851. The topological polar surface area (TPSA) is 61.6 Å². The van der Waals surface area contributed by atoms with Crippen LogP contribution >= 0.6 is 0 Å². The summed E-state index contributed by atoms with van der Waals surface area (Å²) in [5, 5.41) is 0. The summed E-state index contributed by atoms with van der Waals surface area (Å²) in [5.41, 5.74) is -5.65. The molecule has 0 spiro atoms. The minimum atomic E-state index is -6.09. The molecule has 8 heteroatoms. The van der Waals surface area contributed by atoms with E-state index in [1.165, 1.54) is 4.90 Å². The van der Waals surface area contributed by atoms with Crippen LogP contribution in [0.15, 0.2) is 12.7 Å². The molecule has 4 nitrogen and oxygen atoms in total. The Morgan fingerprint density at radius 3 is 1.71 bits per heavy atom. The van der Waals surface area contributed by atoms with Crippen molar-refractivity contribution < 1.29 is 31.0 Å². The predicted molar refractivity (Wildman–Crippen MR) is 43.6 cm³/mol. The number of hydrogen-bond donors (Lipinski definition) is 1. The average Bonchev–Trinajstić information content (AvgIpc) is 1.82. The molecule has 0 aliphatic carbocycles. The van der Waals surface area contributed by atoms with Crippen LogP contribution in [0.1, 0.15) is 0 Å². The molecule has 1 N–H and O–H groups in total. The Morgan fingerprint density at radius 2 is 1.71 bits per heavy atom. The number of nitrogens with one attached hydrogen (secondary N) is 1. The quantitative estimate of drug-likeness (QED) is 0.394. The third-order valence-corrected chi connectivity index (χ3v) is 1.40.